The number of fused-ring (bicyclic) bond motifs is 4. The van der Waals surface area contributed by atoms with Crippen LogP contribution in [-0.4, -0.2) is 216 Å². The fraction of sp³-hybridized carbons (Fsp3) is 0.424. The third-order valence-corrected chi connectivity index (χ3v) is 26.7. The van der Waals surface area contributed by atoms with Crippen molar-refractivity contribution >= 4 is 136 Å². The van der Waals surface area contributed by atoms with Crippen LogP contribution in [0, 0.1) is 34.5 Å². The number of aliphatic hydroxyl groups excluding tert-OH is 6. The number of nitrogens with one attached hydrogen (secondary N) is 2. The van der Waals surface area contributed by atoms with Crippen molar-refractivity contribution in [3.63, 3.8) is 0 Å². The summed E-state index contributed by atoms with van der Waals surface area (Å²) < 4.78 is 127. The molecule has 4 aliphatic heterocycles. The summed E-state index contributed by atoms with van der Waals surface area (Å²) in [6, 6.07) is 26.1. The number of nitrogen functional groups attached to an aromatic ring is 4. The number of H-pyrrole nitrogens is 2. The molecule has 116 heavy (non-hydrogen) atoms. The topological polar surface area (TPSA) is 602 Å². The van der Waals surface area contributed by atoms with Crippen LogP contribution in [-0.2, 0) is 57.9 Å². The van der Waals surface area contributed by atoms with Gasteiger partial charge in [0.05, 0.1) is 62.5 Å². The largest absolute Gasteiger partial charge is 0.424 e. The number of carbonyl (C=O) groups excluding carboxylic acids is 2. The standard InChI is InChI=1S/C22H23BrFN6O7P.C22H25BrFN4O6P.C11H10BrFN6O4.C11H12BrFN4O3/c1-12(13(2)31)10-38(34,37-14-6-4-3-5-7-14)35-9-15-17(32)22(23,24)21(11-25,36-15)16-8-27-18-19(33)28-20(26)29-30(16)18;1-13(14(2)29)11-35(31,34-15-6-4-3-5-7-15)32-10-18-19(30)22(23,24)20(33-18)16-8-9-17-21(25)26-12-27-28(16)17;12-11(13)6(21)4(2-20)23-10(11,3-14)5-1-16-7-8(22)17-9(15)18-19(5)7;12-11(13)8(19)7(3-18)20-9(11)5-1-2-6-10(14)15-4-16-17(5)6/h3-8,12,15,17,32H,9-10H2,1-2H3,(H3,26,28,29,33);3-9,12-13,18-20,30H,10-11H2,1-2H3,(H2,25,26,27);1,4,6,20-21H,2H2,(H3,15,17,18,22);1-2,4,7-9,18-19H,3H2,(H2,14,15,16)/t12-,15-,17+,21+,22?,38?;13-,18-,19+,20+,22?,35?;4-,6+,10+,11?;7-,8+,9+,11?/m1111/s1. The van der Waals surface area contributed by atoms with E-state index in [1.165, 1.54) is 47.7 Å². The third kappa shape index (κ3) is 16.7. The number of imidazole rings is 2. The minimum absolute atomic E-state index is 0.188. The number of aromatic amines is 2. The second-order valence-corrected chi connectivity index (χ2v) is 35.4. The monoisotopic (exact) mass is 1920 g/mol. The summed E-state index contributed by atoms with van der Waals surface area (Å²) >= 11 is 11.2. The average molecular weight is 1920 g/mol. The number of nitriles is 2. The number of ketones is 2. The van der Waals surface area contributed by atoms with Gasteiger partial charge in [-0.05, 0) is 126 Å². The lowest BCUT2D eigenvalue weighted by molar-refractivity contribution is -0.120. The van der Waals surface area contributed by atoms with E-state index >= 15 is 13.2 Å². The molecule has 4 fully saturated rings. The lowest BCUT2D eigenvalue weighted by Gasteiger charge is -2.28. The van der Waals surface area contributed by atoms with E-state index in [-0.39, 0.29) is 87.3 Å². The van der Waals surface area contributed by atoms with Crippen LogP contribution in [0.15, 0.2) is 120 Å². The van der Waals surface area contributed by atoms with Crippen LogP contribution in [0.2, 0.25) is 0 Å². The number of rotatable bonds is 22. The van der Waals surface area contributed by atoms with Crippen LogP contribution in [0.1, 0.15) is 62.7 Å². The molecule has 4 aliphatic rings. The minimum Gasteiger partial charge on any atom is -0.424 e. The first-order valence-electron chi connectivity index (χ1n) is 34.2. The molecule has 12 heterocycles. The maximum Gasteiger partial charge on any atom is 0.379 e. The van der Waals surface area contributed by atoms with E-state index in [9.17, 15) is 68.8 Å². The van der Waals surface area contributed by atoms with Crippen molar-refractivity contribution in [1.82, 2.24) is 68.4 Å². The fourth-order valence-corrected chi connectivity index (χ4v) is 19.0. The van der Waals surface area contributed by atoms with E-state index in [0.29, 0.717) is 16.7 Å². The quantitative estimate of drug-likeness (QED) is 0.0253. The molecule has 0 spiro atoms. The van der Waals surface area contributed by atoms with Gasteiger partial charge in [0.15, 0.2) is 11.6 Å². The molecule has 10 aromatic rings. The molecule has 20 atom stereocenters. The van der Waals surface area contributed by atoms with E-state index in [2.05, 4.69) is 114 Å². The van der Waals surface area contributed by atoms with Crippen molar-refractivity contribution in [2.45, 2.75) is 118 Å². The SMILES string of the molecule is CC(=O)[C@H](C)CP(=O)(OC[C@H]1O[C@@H](c2ccc3c(N)ncnn23)C(F)(Br)[C@H]1O)Oc1ccccc1.CC(=O)[C@H](C)CP(=O)(OC[C@H]1O[C@@](C#N)(c2cnc3c(=O)[nH]c(N)nn23)C(F)(Br)[C@H]1O)Oc1ccccc1.N#C[C@@]1(c2cnc3c(=O)[nH]c(N)nn23)O[C@H](CO)[C@H](O)C1(F)Br.Nc1ncnn2c([C@@H]3O[C@H](CO)[C@H](O)C3(F)Br)ccc12. The first-order chi connectivity index (χ1) is 54.6. The van der Waals surface area contributed by atoms with Gasteiger partial charge in [0.25, 0.3) is 11.1 Å². The molecule has 0 aliphatic carbocycles. The molecule has 6 unspecified atom stereocenters. The number of alkyl halides is 8. The van der Waals surface area contributed by atoms with Gasteiger partial charge in [-0.25, -0.2) is 64.7 Å². The molecule has 40 nitrogen and oxygen atoms in total. The predicted octanol–water partition coefficient (Wildman–Crippen LogP) is 4.44. The zero-order valence-corrected chi connectivity index (χ0v) is 68.6. The van der Waals surface area contributed by atoms with Crippen molar-refractivity contribution in [1.29, 1.82) is 10.5 Å². The highest BCUT2D eigenvalue weighted by Crippen LogP contribution is 2.58. The van der Waals surface area contributed by atoms with Crippen LogP contribution in [0.3, 0.4) is 0 Å². The Labute approximate surface area is 683 Å². The molecule has 2 aromatic carbocycles. The number of aliphatic hydroxyl groups is 6. The number of benzene rings is 2. The molecule has 0 saturated carbocycles. The lowest BCUT2D eigenvalue weighted by atomic mass is 9.94. The number of aromatic nitrogens is 14. The molecular weight excluding hydrogens is 1850 g/mol. The van der Waals surface area contributed by atoms with E-state index in [4.69, 9.17) is 65.1 Å². The highest BCUT2D eigenvalue weighted by Gasteiger charge is 2.71. The maximum atomic E-state index is 16.1. The normalized spacial score (nSPS) is 29.7. The maximum absolute atomic E-state index is 16.1. The van der Waals surface area contributed by atoms with Gasteiger partial charge in [-0.2, -0.15) is 20.7 Å². The van der Waals surface area contributed by atoms with Crippen LogP contribution >= 0.6 is 78.9 Å². The number of Topliss-reactive ketones (excluding diaryl/α,β-unsaturated/α-hetero) is 2. The van der Waals surface area contributed by atoms with Gasteiger partial charge in [0, 0.05) is 11.8 Å². The van der Waals surface area contributed by atoms with Gasteiger partial charge >= 0.3 is 15.2 Å². The molecule has 14 rings (SSSR count). The van der Waals surface area contributed by atoms with Crippen LogP contribution in [0.25, 0.3) is 22.3 Å². The Hall–Kier alpha value is -8.88. The smallest absolute Gasteiger partial charge is 0.379 e. The number of ether oxygens (including phenoxy) is 4. The Bertz CT molecular complexity index is 5610. The van der Waals surface area contributed by atoms with Gasteiger partial charge in [-0.3, -0.25) is 38.2 Å². The van der Waals surface area contributed by atoms with Crippen molar-refractivity contribution in [2.75, 3.05) is 61.7 Å². The molecule has 4 saturated heterocycles. The zero-order chi connectivity index (χ0) is 84.7. The summed E-state index contributed by atoms with van der Waals surface area (Å²) in [5.41, 5.74) is 16.6. The summed E-state index contributed by atoms with van der Waals surface area (Å²) in [6.45, 7) is 3.50. The van der Waals surface area contributed by atoms with E-state index in [1.54, 1.807) is 98.8 Å². The number of anilines is 4. The highest BCUT2D eigenvalue weighted by atomic mass is 79.9. The Morgan fingerprint density at radius 3 is 1.31 bits per heavy atom. The van der Waals surface area contributed by atoms with Crippen LogP contribution in [0.5, 0.6) is 11.5 Å². The molecular formula is C66H70Br4F4N20O20P2. The first-order valence-corrected chi connectivity index (χ1v) is 40.8. The summed E-state index contributed by atoms with van der Waals surface area (Å²) in [5, 5.41) is 95.0. The molecule has 50 heteroatoms. The number of para-hydroxylation sites is 2. The number of hydrogen-bond donors (Lipinski definition) is 12. The number of nitrogens with zero attached hydrogens (tertiary/aromatic N) is 14. The van der Waals surface area contributed by atoms with Crippen molar-refractivity contribution in [2.24, 2.45) is 11.8 Å². The van der Waals surface area contributed by atoms with Crippen LogP contribution < -0.4 is 43.1 Å². The Morgan fingerprint density at radius 2 is 0.940 bits per heavy atom. The van der Waals surface area contributed by atoms with Gasteiger partial charge in [-0.1, -0.05) is 50.2 Å². The molecule has 620 valence electrons. The van der Waals surface area contributed by atoms with Gasteiger partial charge in [0.2, 0.25) is 52.7 Å². The van der Waals surface area contributed by atoms with E-state index in [1.807, 2.05) is 0 Å². The molecule has 8 aromatic heterocycles. The van der Waals surface area contributed by atoms with E-state index < -0.39 is 155 Å². The highest BCUT2D eigenvalue weighted by molar-refractivity contribution is 9.10. The number of carbonyl (C=O) groups is 2. The molecule has 0 radical (unpaired) electrons. The predicted molar refractivity (Wildman–Crippen MR) is 410 cm³/mol. The molecule has 16 N–H and O–H groups in total. The van der Waals surface area contributed by atoms with Crippen molar-refractivity contribution in [3.8, 4) is 23.6 Å². The third-order valence-electron chi connectivity index (χ3n) is 18.8. The minimum atomic E-state index is -4.06. The second-order valence-electron chi connectivity index (χ2n) is 26.6. The summed E-state index contributed by atoms with van der Waals surface area (Å²) in [6.07, 6.45) is -10.7. The summed E-state index contributed by atoms with van der Waals surface area (Å²) in [7, 11) is -7.95. The lowest BCUT2D eigenvalue weighted by Crippen LogP contribution is -2.46. The fourth-order valence-electron chi connectivity index (χ4n) is 12.4. The van der Waals surface area contributed by atoms with Gasteiger partial charge in [-0.15, -0.1) is 10.2 Å². The van der Waals surface area contributed by atoms with Crippen molar-refractivity contribution < 1.29 is 104 Å². The Balaban J connectivity index is 0.000000157. The molecule has 0 bridgehead atoms. The zero-order valence-electron chi connectivity index (χ0n) is 60.5. The first kappa shape index (κ1) is 87.9. The number of hydrogen-bond acceptors (Lipinski definition) is 34. The van der Waals surface area contributed by atoms with Gasteiger partial charge in [0.1, 0.15) is 131 Å². The van der Waals surface area contributed by atoms with E-state index in [0.717, 1.165) is 21.4 Å². The second kappa shape index (κ2) is 34.2. The Kier molecular flexibility index (Phi) is 25.9. The van der Waals surface area contributed by atoms with Crippen molar-refractivity contribution in [3.05, 3.63) is 153 Å². The summed E-state index contributed by atoms with van der Waals surface area (Å²) in [5.74, 6) is -1.46. The average Bonchev–Trinajstić information content (AvgIpc) is 1.55. The molecule has 0 amide bonds. The van der Waals surface area contributed by atoms with Gasteiger partial charge < -0.3 is 81.6 Å². The Morgan fingerprint density at radius 1 is 0.569 bits per heavy atom. The summed E-state index contributed by atoms with van der Waals surface area (Å²) in [4.78, 5) is 67.4. The number of halogens is 8. The number of nitrogens with two attached hydrogens (primary N) is 4. The van der Waals surface area contributed by atoms with Crippen LogP contribution in [0.4, 0.5) is 41.1 Å².